The predicted molar refractivity (Wildman–Crippen MR) is 74.5 cm³/mol. The fraction of sp³-hybridized carbons (Fsp3) is 0.571. The molecule has 0 spiro atoms. The van der Waals surface area contributed by atoms with Gasteiger partial charge in [-0.25, -0.2) is 0 Å². The minimum Gasteiger partial charge on any atom is -0.306 e. The first kappa shape index (κ1) is 14.5. The highest BCUT2D eigenvalue weighted by molar-refractivity contribution is 7.86. The third-order valence-electron chi connectivity index (χ3n) is 3.49. The smallest absolute Gasteiger partial charge is 0.296 e. The second-order valence-electron chi connectivity index (χ2n) is 5.32. The molecule has 0 bridgehead atoms. The van der Waals surface area contributed by atoms with Gasteiger partial charge in [-0.3, -0.25) is 4.18 Å². The van der Waals surface area contributed by atoms with Gasteiger partial charge in [0.25, 0.3) is 10.1 Å². The van der Waals surface area contributed by atoms with E-state index in [9.17, 15) is 8.42 Å². The largest absolute Gasteiger partial charge is 0.306 e. The lowest BCUT2D eigenvalue weighted by atomic mass is 10.00. The van der Waals surface area contributed by atoms with Gasteiger partial charge < -0.3 is 4.90 Å². The molecule has 1 aliphatic rings. The van der Waals surface area contributed by atoms with Crippen LogP contribution in [0.4, 0.5) is 0 Å². The topological polar surface area (TPSA) is 46.6 Å². The second-order valence-corrected chi connectivity index (χ2v) is 6.94. The fourth-order valence-electron chi connectivity index (χ4n) is 2.37. The molecule has 0 amide bonds. The van der Waals surface area contributed by atoms with Crippen LogP contribution in [-0.2, 0) is 14.3 Å². The Bertz CT molecular complexity index is 510. The van der Waals surface area contributed by atoms with Crippen LogP contribution in [0.1, 0.15) is 18.4 Å². The van der Waals surface area contributed by atoms with Crippen molar-refractivity contribution in [1.29, 1.82) is 0 Å². The maximum atomic E-state index is 12.0. The SMILES string of the molecule is Cc1ccc(S(=O)(=O)OCC2CCCN(C)C2)cc1. The molecule has 1 atom stereocenters. The number of likely N-dealkylation sites (tertiary alicyclic amines) is 1. The summed E-state index contributed by atoms with van der Waals surface area (Å²) in [6.45, 7) is 4.19. The van der Waals surface area contributed by atoms with Crippen molar-refractivity contribution in [3.63, 3.8) is 0 Å². The minimum absolute atomic E-state index is 0.238. The molecule has 0 saturated carbocycles. The molecule has 1 aromatic rings. The number of hydrogen-bond donors (Lipinski definition) is 0. The van der Waals surface area contributed by atoms with E-state index < -0.39 is 10.1 Å². The van der Waals surface area contributed by atoms with E-state index in [0.717, 1.165) is 31.5 Å². The van der Waals surface area contributed by atoms with Crippen LogP contribution < -0.4 is 0 Å². The third kappa shape index (κ3) is 4.03. The molecule has 0 aliphatic carbocycles. The zero-order valence-electron chi connectivity index (χ0n) is 11.5. The van der Waals surface area contributed by atoms with Gasteiger partial charge in [-0.05, 0) is 51.4 Å². The van der Waals surface area contributed by atoms with E-state index in [-0.39, 0.29) is 11.5 Å². The van der Waals surface area contributed by atoms with Crippen LogP contribution in [-0.4, -0.2) is 40.1 Å². The van der Waals surface area contributed by atoms with Crippen molar-refractivity contribution in [2.24, 2.45) is 5.92 Å². The quantitative estimate of drug-likeness (QED) is 0.793. The molecule has 1 aliphatic heterocycles. The van der Waals surface area contributed by atoms with E-state index in [0.29, 0.717) is 5.92 Å². The first-order valence-corrected chi connectivity index (χ1v) is 8.03. The standard InChI is InChI=1S/C14H21NO3S/c1-12-5-7-14(8-6-12)19(16,17)18-11-13-4-3-9-15(2)10-13/h5-8,13H,3-4,9-11H2,1-2H3. The molecule has 1 aromatic carbocycles. The first-order valence-electron chi connectivity index (χ1n) is 6.62. The highest BCUT2D eigenvalue weighted by Crippen LogP contribution is 2.19. The summed E-state index contributed by atoms with van der Waals surface area (Å²) in [7, 11) is -1.56. The summed E-state index contributed by atoms with van der Waals surface area (Å²) >= 11 is 0. The molecule has 1 heterocycles. The highest BCUT2D eigenvalue weighted by atomic mass is 32.2. The number of nitrogens with zero attached hydrogens (tertiary/aromatic N) is 1. The molecular formula is C14H21NO3S. The van der Waals surface area contributed by atoms with Gasteiger partial charge in [0.1, 0.15) is 0 Å². The van der Waals surface area contributed by atoms with Crippen molar-refractivity contribution >= 4 is 10.1 Å². The van der Waals surface area contributed by atoms with Gasteiger partial charge in [0.05, 0.1) is 11.5 Å². The summed E-state index contributed by atoms with van der Waals surface area (Å²) in [5.41, 5.74) is 1.04. The zero-order chi connectivity index (χ0) is 13.9. The summed E-state index contributed by atoms with van der Waals surface area (Å²) < 4.78 is 29.3. The number of benzene rings is 1. The van der Waals surface area contributed by atoms with E-state index in [1.165, 1.54) is 0 Å². The number of piperidine rings is 1. The number of aryl methyl sites for hydroxylation is 1. The molecule has 2 rings (SSSR count). The predicted octanol–water partition coefficient (Wildman–Crippen LogP) is 2.04. The first-order chi connectivity index (χ1) is 8.97. The lowest BCUT2D eigenvalue weighted by molar-refractivity contribution is 0.153. The summed E-state index contributed by atoms with van der Waals surface area (Å²) in [6.07, 6.45) is 2.14. The molecule has 1 saturated heterocycles. The Labute approximate surface area is 115 Å². The third-order valence-corrected chi connectivity index (χ3v) is 4.79. The summed E-state index contributed by atoms with van der Waals surface area (Å²) in [5, 5.41) is 0. The Balaban J connectivity index is 1.96. The molecule has 0 radical (unpaired) electrons. The monoisotopic (exact) mass is 283 g/mol. The molecule has 4 nitrogen and oxygen atoms in total. The van der Waals surface area contributed by atoms with Gasteiger partial charge in [-0.15, -0.1) is 0 Å². The van der Waals surface area contributed by atoms with Crippen molar-refractivity contribution in [1.82, 2.24) is 4.90 Å². The summed E-state index contributed by atoms with van der Waals surface area (Å²) in [4.78, 5) is 2.46. The molecule has 0 aromatic heterocycles. The van der Waals surface area contributed by atoms with Gasteiger partial charge in [0.15, 0.2) is 0 Å². The van der Waals surface area contributed by atoms with Gasteiger partial charge in [-0.2, -0.15) is 8.42 Å². The minimum atomic E-state index is -3.61. The Morgan fingerprint density at radius 1 is 1.32 bits per heavy atom. The maximum Gasteiger partial charge on any atom is 0.296 e. The molecule has 106 valence electrons. The molecule has 1 unspecified atom stereocenters. The van der Waals surface area contributed by atoms with Gasteiger partial charge in [0, 0.05) is 6.54 Å². The Morgan fingerprint density at radius 3 is 2.63 bits per heavy atom. The van der Waals surface area contributed by atoms with Crippen LogP contribution in [0.5, 0.6) is 0 Å². The van der Waals surface area contributed by atoms with E-state index in [4.69, 9.17) is 4.18 Å². The van der Waals surface area contributed by atoms with Crippen LogP contribution in [0.3, 0.4) is 0 Å². The average Bonchev–Trinajstić information content (AvgIpc) is 2.37. The fourth-order valence-corrected chi connectivity index (χ4v) is 3.35. The van der Waals surface area contributed by atoms with Crippen molar-refractivity contribution in [3.05, 3.63) is 29.8 Å². The molecule has 19 heavy (non-hydrogen) atoms. The average molecular weight is 283 g/mol. The maximum absolute atomic E-state index is 12.0. The molecule has 1 fully saturated rings. The Hall–Kier alpha value is -0.910. The van der Waals surface area contributed by atoms with Gasteiger partial charge in [-0.1, -0.05) is 17.7 Å². The van der Waals surface area contributed by atoms with Crippen LogP contribution in [0.25, 0.3) is 0 Å². The van der Waals surface area contributed by atoms with Crippen molar-refractivity contribution in [3.8, 4) is 0 Å². The lowest BCUT2D eigenvalue weighted by Crippen LogP contribution is -2.34. The van der Waals surface area contributed by atoms with Gasteiger partial charge in [0.2, 0.25) is 0 Å². The van der Waals surface area contributed by atoms with Crippen LogP contribution in [0, 0.1) is 12.8 Å². The highest BCUT2D eigenvalue weighted by Gasteiger charge is 2.21. The van der Waals surface area contributed by atoms with E-state index in [1.54, 1.807) is 24.3 Å². The molecule has 0 N–H and O–H groups in total. The van der Waals surface area contributed by atoms with Gasteiger partial charge >= 0.3 is 0 Å². The van der Waals surface area contributed by atoms with Crippen molar-refractivity contribution in [2.75, 3.05) is 26.7 Å². The number of rotatable bonds is 4. The summed E-state index contributed by atoms with van der Waals surface area (Å²) in [6, 6.07) is 6.75. The number of hydrogen-bond acceptors (Lipinski definition) is 4. The Morgan fingerprint density at radius 2 is 2.00 bits per heavy atom. The van der Waals surface area contributed by atoms with Crippen LogP contribution >= 0.6 is 0 Å². The Kier molecular flexibility index (Phi) is 4.60. The van der Waals surface area contributed by atoms with Crippen LogP contribution in [0.2, 0.25) is 0 Å². The van der Waals surface area contributed by atoms with Crippen LogP contribution in [0.15, 0.2) is 29.2 Å². The second kappa shape index (κ2) is 6.03. The van der Waals surface area contributed by atoms with Crippen molar-refractivity contribution < 1.29 is 12.6 Å². The van der Waals surface area contributed by atoms with E-state index in [1.807, 2.05) is 6.92 Å². The molecule has 5 heteroatoms. The van der Waals surface area contributed by atoms with E-state index in [2.05, 4.69) is 11.9 Å². The lowest BCUT2D eigenvalue weighted by Gasteiger charge is -2.29. The molecular weight excluding hydrogens is 262 g/mol. The normalized spacial score (nSPS) is 21.5. The zero-order valence-corrected chi connectivity index (χ0v) is 12.3. The van der Waals surface area contributed by atoms with Crippen molar-refractivity contribution in [2.45, 2.75) is 24.7 Å². The summed E-state index contributed by atoms with van der Waals surface area (Å²) in [5.74, 6) is 0.305. The van der Waals surface area contributed by atoms with E-state index >= 15 is 0 Å².